The van der Waals surface area contributed by atoms with Crippen LogP contribution in [0, 0.1) is 6.92 Å². The van der Waals surface area contributed by atoms with Gasteiger partial charge in [0.25, 0.3) is 0 Å². The highest BCUT2D eigenvalue weighted by Crippen LogP contribution is 2.45. The molecule has 0 fully saturated rings. The van der Waals surface area contributed by atoms with Gasteiger partial charge < -0.3 is 9.47 Å². The van der Waals surface area contributed by atoms with Crippen LogP contribution >= 0.6 is 51.6 Å². The molecule has 3 rings (SSSR count). The molecule has 0 N–H and O–H groups in total. The fraction of sp³-hybridized carbons (Fsp3) is 0.200. The lowest BCUT2D eigenvalue weighted by Crippen LogP contribution is -1.95. The Labute approximate surface area is 164 Å². The molecular weight excluding hydrogens is 483 g/mol. The second-order valence-electron chi connectivity index (χ2n) is 4.93. The van der Waals surface area contributed by atoms with Gasteiger partial charge in [-0.2, -0.15) is 5.10 Å². The molecule has 0 spiro atoms. The predicted molar refractivity (Wildman–Crippen MR) is 109 cm³/mol. The number of aromatic nitrogens is 3. The fourth-order valence-electron chi connectivity index (χ4n) is 2.45. The molecule has 3 aromatic rings. The summed E-state index contributed by atoms with van der Waals surface area (Å²) < 4.78 is 12.5. The van der Waals surface area contributed by atoms with Crippen molar-refractivity contribution < 1.29 is 9.47 Å². The first-order valence-corrected chi connectivity index (χ1v) is 11.7. The second-order valence-corrected chi connectivity index (χ2v) is 7.73. The van der Waals surface area contributed by atoms with Crippen molar-refractivity contribution in [2.45, 2.75) is 6.92 Å². The molecule has 126 valence electrons. The van der Waals surface area contributed by atoms with Crippen LogP contribution in [0.4, 0.5) is 0 Å². The van der Waals surface area contributed by atoms with Gasteiger partial charge in [-0.1, -0.05) is 23.2 Å². The molecule has 1 unspecified atom stereocenters. The molecule has 0 aliphatic carbocycles. The molecule has 0 saturated carbocycles. The first-order chi connectivity index (χ1) is 11.5. The van der Waals surface area contributed by atoms with Gasteiger partial charge in [0.2, 0.25) is 0 Å². The molecule has 2 aromatic heterocycles. The van der Waals surface area contributed by atoms with E-state index in [1.165, 1.54) is 0 Å². The normalized spacial score (nSPS) is 11.6. The van der Waals surface area contributed by atoms with Gasteiger partial charge in [0.05, 0.1) is 42.0 Å². The Morgan fingerprint density at radius 1 is 1.12 bits per heavy atom. The minimum atomic E-state index is 0.398. The van der Waals surface area contributed by atoms with E-state index >= 15 is 0 Å². The topological polar surface area (TPSA) is 49.2 Å². The van der Waals surface area contributed by atoms with Crippen molar-refractivity contribution in [3.8, 4) is 22.8 Å². The minimum absolute atomic E-state index is 0.398. The van der Waals surface area contributed by atoms with Crippen molar-refractivity contribution in [1.29, 1.82) is 0 Å². The van der Waals surface area contributed by atoms with Crippen LogP contribution in [0.2, 0.25) is 10.0 Å². The summed E-state index contributed by atoms with van der Waals surface area (Å²) in [5, 5.41) is 6.30. The molecule has 1 aromatic carbocycles. The van der Waals surface area contributed by atoms with Crippen molar-refractivity contribution in [1.82, 2.24) is 14.5 Å². The average Bonchev–Trinajstić information content (AvgIpc) is 2.91. The Morgan fingerprint density at radius 2 is 1.75 bits per heavy atom. The molecule has 0 amide bonds. The van der Waals surface area contributed by atoms with Crippen LogP contribution in [0.5, 0.6) is 11.5 Å². The van der Waals surface area contributed by atoms with Crippen molar-refractivity contribution in [3.63, 3.8) is 0 Å². The summed E-state index contributed by atoms with van der Waals surface area (Å²) in [5.41, 5.74) is 2.96. The lowest BCUT2D eigenvalue weighted by atomic mass is 10.1. The van der Waals surface area contributed by atoms with Crippen LogP contribution in [0.1, 0.15) is 5.69 Å². The van der Waals surface area contributed by atoms with Crippen LogP contribution in [-0.4, -0.2) is 28.8 Å². The van der Waals surface area contributed by atoms with Crippen LogP contribution < -0.4 is 9.47 Å². The van der Waals surface area contributed by atoms with Gasteiger partial charge in [-0.3, -0.25) is 0 Å². The summed E-state index contributed by atoms with van der Waals surface area (Å²) in [4.78, 5) is 4.73. The first-order valence-electron chi connectivity index (χ1n) is 6.85. The van der Waals surface area contributed by atoms with E-state index in [0.29, 0.717) is 39.2 Å². The molecule has 0 aliphatic rings. The number of halogens is 3. The highest BCUT2D eigenvalue weighted by atomic mass is 127. The highest BCUT2D eigenvalue weighted by Gasteiger charge is 2.20. The van der Waals surface area contributed by atoms with E-state index in [9.17, 15) is 0 Å². The van der Waals surface area contributed by atoms with E-state index in [1.54, 1.807) is 20.3 Å². The summed E-state index contributed by atoms with van der Waals surface area (Å²) in [5.74, 6) is 0.963. The van der Waals surface area contributed by atoms with E-state index in [-0.39, 0.29) is 0 Å². The van der Waals surface area contributed by atoms with Crippen LogP contribution in [0.15, 0.2) is 18.2 Å². The Hall–Kier alpha value is -0.820. The number of hydrogen-bond donors (Lipinski definition) is 0. The summed E-state index contributed by atoms with van der Waals surface area (Å²) in [6.45, 7) is 1.96. The first kappa shape index (κ1) is 18.0. The number of pyridine rings is 1. The van der Waals surface area contributed by atoms with Crippen molar-refractivity contribution in [3.05, 3.63) is 33.9 Å². The molecule has 5 nitrogen and oxygen atoms in total. The SMILES string of the molecule is COc1cc(OC)c(Cl)c(-c2ccc3c(C)nn(PI)c3n2)c1Cl. The molecular formula is C15H13Cl2IN3O2P. The average molecular weight is 496 g/mol. The Bertz CT molecular complexity index is 905. The number of aryl methyl sites for hydroxylation is 1. The number of ether oxygens (including phenoxy) is 2. The van der Waals surface area contributed by atoms with E-state index in [4.69, 9.17) is 37.7 Å². The Morgan fingerprint density at radius 3 is 2.29 bits per heavy atom. The maximum Gasteiger partial charge on any atom is 0.162 e. The van der Waals surface area contributed by atoms with Crippen LogP contribution in [0.3, 0.4) is 0 Å². The van der Waals surface area contributed by atoms with Gasteiger partial charge in [-0.05, 0) is 41.1 Å². The lowest BCUT2D eigenvalue weighted by Gasteiger charge is -2.14. The van der Waals surface area contributed by atoms with Crippen molar-refractivity contribution in [2.75, 3.05) is 14.2 Å². The summed E-state index contributed by atoms with van der Waals surface area (Å²) in [7, 11) is 3.09. The molecule has 0 bridgehead atoms. The van der Waals surface area contributed by atoms with E-state index < -0.39 is 0 Å². The monoisotopic (exact) mass is 495 g/mol. The fourth-order valence-corrected chi connectivity index (χ4v) is 4.59. The molecule has 9 heteroatoms. The highest BCUT2D eigenvalue weighted by molar-refractivity contribution is 14.2. The van der Waals surface area contributed by atoms with Gasteiger partial charge in [-0.25, -0.2) is 9.44 Å². The zero-order chi connectivity index (χ0) is 17.4. The van der Waals surface area contributed by atoms with E-state index in [2.05, 4.69) is 27.1 Å². The number of hydrogen-bond acceptors (Lipinski definition) is 4. The Kier molecular flexibility index (Phi) is 5.39. The van der Waals surface area contributed by atoms with Crippen LogP contribution in [0.25, 0.3) is 22.3 Å². The smallest absolute Gasteiger partial charge is 0.162 e. The number of nitrogens with zero attached hydrogens (tertiary/aromatic N) is 3. The van der Waals surface area contributed by atoms with Gasteiger partial charge in [0, 0.05) is 17.0 Å². The summed E-state index contributed by atoms with van der Waals surface area (Å²) >= 11 is 15.2. The molecule has 0 radical (unpaired) electrons. The predicted octanol–water partition coefficient (Wildman–Crippen LogP) is 5.52. The number of methoxy groups -OCH3 is 2. The third-order valence-corrected chi connectivity index (χ3v) is 6.22. The molecule has 1 atom stereocenters. The number of rotatable bonds is 4. The molecule has 2 heterocycles. The third-order valence-electron chi connectivity index (χ3n) is 3.63. The van der Waals surface area contributed by atoms with Gasteiger partial charge in [0.15, 0.2) is 5.65 Å². The summed E-state index contributed by atoms with van der Waals surface area (Å²) in [6, 6.07) is 5.52. The maximum absolute atomic E-state index is 6.48. The standard InChI is InChI=1S/C15H13Cl2IN3O2P/c1-7-8-4-5-9(19-15(8)21(20-7)24-18)12-13(16)10(22-2)6-11(23-3)14(12)17/h4-6,24H,1-3H3. The van der Waals surface area contributed by atoms with E-state index in [1.807, 2.05) is 23.5 Å². The van der Waals surface area contributed by atoms with E-state index in [0.717, 1.165) is 16.7 Å². The largest absolute Gasteiger partial charge is 0.495 e. The van der Waals surface area contributed by atoms with Crippen molar-refractivity contribution >= 4 is 62.7 Å². The molecule has 0 aliphatic heterocycles. The minimum Gasteiger partial charge on any atom is -0.495 e. The number of fused-ring (bicyclic) bond motifs is 1. The van der Waals surface area contributed by atoms with Gasteiger partial charge in [0.1, 0.15) is 11.5 Å². The van der Waals surface area contributed by atoms with Crippen molar-refractivity contribution in [2.24, 2.45) is 0 Å². The zero-order valence-corrected chi connectivity index (χ0v) is 17.7. The van der Waals surface area contributed by atoms with Crippen LogP contribution in [-0.2, 0) is 0 Å². The second kappa shape index (κ2) is 7.20. The number of benzene rings is 1. The Balaban J connectivity index is 2.31. The summed E-state index contributed by atoms with van der Waals surface area (Å²) in [6.07, 6.45) is 0.446. The maximum atomic E-state index is 6.48. The third kappa shape index (κ3) is 2.94. The molecule has 0 saturated heterocycles. The quantitative estimate of drug-likeness (QED) is 0.353. The van der Waals surface area contributed by atoms with Gasteiger partial charge in [-0.15, -0.1) is 0 Å². The zero-order valence-electron chi connectivity index (χ0n) is 13.0. The lowest BCUT2D eigenvalue weighted by molar-refractivity contribution is 0.395. The van der Waals surface area contributed by atoms with Gasteiger partial charge >= 0.3 is 0 Å². The molecule has 24 heavy (non-hydrogen) atoms.